The largest absolute Gasteiger partial charge is 0.485 e. The maximum Gasteiger partial charge on any atom is 0.164 e. The molecule has 2 aromatic rings. The number of nitrogens with zero attached hydrogens (tertiary/aromatic N) is 3. The van der Waals surface area contributed by atoms with Gasteiger partial charge in [-0.3, -0.25) is 0 Å². The smallest absolute Gasteiger partial charge is 0.164 e. The van der Waals surface area contributed by atoms with Crippen molar-refractivity contribution < 1.29 is 4.74 Å². The van der Waals surface area contributed by atoms with Crippen molar-refractivity contribution >= 4 is 0 Å². The third-order valence-electron chi connectivity index (χ3n) is 3.25. The number of aromatic nitrogens is 3. The first kappa shape index (κ1) is 15.5. The Balaban J connectivity index is 2.13. The SMILES string of the molecule is Cc1ccc(C(C)N)c(OCc2ncnn2CC(C)C)c1. The number of benzene rings is 1. The Morgan fingerprint density at radius 3 is 2.71 bits per heavy atom. The van der Waals surface area contributed by atoms with E-state index in [1.807, 2.05) is 36.7 Å². The molecule has 2 N–H and O–H groups in total. The summed E-state index contributed by atoms with van der Waals surface area (Å²) >= 11 is 0. The second-order valence-electron chi connectivity index (χ2n) is 5.87. The van der Waals surface area contributed by atoms with Gasteiger partial charge in [0, 0.05) is 18.2 Å². The molecule has 1 aromatic heterocycles. The second-order valence-corrected chi connectivity index (χ2v) is 5.87. The van der Waals surface area contributed by atoms with Crippen LogP contribution in [-0.4, -0.2) is 14.8 Å². The van der Waals surface area contributed by atoms with E-state index in [2.05, 4.69) is 23.9 Å². The third kappa shape index (κ3) is 4.04. The van der Waals surface area contributed by atoms with Gasteiger partial charge in [-0.15, -0.1) is 0 Å². The van der Waals surface area contributed by atoms with E-state index in [0.29, 0.717) is 12.5 Å². The molecule has 2 rings (SSSR count). The third-order valence-corrected chi connectivity index (χ3v) is 3.25. The molecule has 0 aliphatic carbocycles. The van der Waals surface area contributed by atoms with E-state index in [1.54, 1.807) is 6.33 Å². The van der Waals surface area contributed by atoms with E-state index >= 15 is 0 Å². The molecule has 0 spiro atoms. The monoisotopic (exact) mass is 288 g/mol. The molecule has 0 saturated heterocycles. The molecule has 1 unspecified atom stereocenters. The van der Waals surface area contributed by atoms with Crippen molar-refractivity contribution in [3.63, 3.8) is 0 Å². The molecule has 0 amide bonds. The molecular weight excluding hydrogens is 264 g/mol. The lowest BCUT2D eigenvalue weighted by molar-refractivity contribution is 0.278. The number of hydrogen-bond donors (Lipinski definition) is 1. The molecule has 21 heavy (non-hydrogen) atoms. The van der Waals surface area contributed by atoms with Crippen LogP contribution in [0.1, 0.15) is 43.8 Å². The first-order chi connectivity index (χ1) is 9.97. The van der Waals surface area contributed by atoms with E-state index < -0.39 is 0 Å². The van der Waals surface area contributed by atoms with Crippen molar-refractivity contribution in [2.24, 2.45) is 11.7 Å². The van der Waals surface area contributed by atoms with Crippen molar-refractivity contribution in [3.05, 3.63) is 41.5 Å². The first-order valence-corrected chi connectivity index (χ1v) is 7.33. The van der Waals surface area contributed by atoms with Crippen molar-refractivity contribution in [1.82, 2.24) is 14.8 Å². The number of nitrogens with two attached hydrogens (primary N) is 1. The van der Waals surface area contributed by atoms with E-state index in [-0.39, 0.29) is 6.04 Å². The predicted molar refractivity (Wildman–Crippen MR) is 83.0 cm³/mol. The van der Waals surface area contributed by atoms with Crippen LogP contribution in [0.2, 0.25) is 0 Å². The fourth-order valence-electron chi connectivity index (χ4n) is 2.18. The van der Waals surface area contributed by atoms with E-state index in [0.717, 1.165) is 29.2 Å². The van der Waals surface area contributed by atoms with Crippen molar-refractivity contribution in [1.29, 1.82) is 0 Å². The molecule has 5 nitrogen and oxygen atoms in total. The Morgan fingerprint density at radius 1 is 1.29 bits per heavy atom. The summed E-state index contributed by atoms with van der Waals surface area (Å²) in [5, 5.41) is 4.24. The Kier molecular flexibility index (Phi) is 4.96. The van der Waals surface area contributed by atoms with Crippen molar-refractivity contribution in [3.8, 4) is 5.75 Å². The molecule has 0 aliphatic heterocycles. The van der Waals surface area contributed by atoms with Crippen LogP contribution in [0.3, 0.4) is 0 Å². The first-order valence-electron chi connectivity index (χ1n) is 7.33. The molecule has 0 aliphatic rings. The summed E-state index contributed by atoms with van der Waals surface area (Å²) in [7, 11) is 0. The van der Waals surface area contributed by atoms with E-state index in [9.17, 15) is 0 Å². The summed E-state index contributed by atoms with van der Waals surface area (Å²) in [6.07, 6.45) is 1.57. The molecular formula is C16H24N4O. The van der Waals surface area contributed by atoms with Gasteiger partial charge in [0.05, 0.1) is 0 Å². The Hall–Kier alpha value is -1.88. The highest BCUT2D eigenvalue weighted by Gasteiger charge is 2.11. The number of ether oxygens (including phenoxy) is 1. The van der Waals surface area contributed by atoms with Crippen LogP contribution in [0.15, 0.2) is 24.5 Å². The molecule has 1 aromatic carbocycles. The number of aryl methyl sites for hydroxylation is 1. The molecule has 114 valence electrons. The quantitative estimate of drug-likeness (QED) is 0.887. The highest BCUT2D eigenvalue weighted by atomic mass is 16.5. The van der Waals surface area contributed by atoms with Gasteiger partial charge < -0.3 is 10.5 Å². The summed E-state index contributed by atoms with van der Waals surface area (Å²) in [5.41, 5.74) is 8.16. The Bertz CT molecular complexity index is 590. The standard InChI is InChI=1S/C16H24N4O/c1-11(2)8-20-16(18-10-19-20)9-21-15-7-12(3)5-6-14(15)13(4)17/h5-7,10-11,13H,8-9,17H2,1-4H3. The maximum absolute atomic E-state index is 6.00. The van der Waals surface area contributed by atoms with Crippen LogP contribution in [0.25, 0.3) is 0 Å². The minimum Gasteiger partial charge on any atom is -0.485 e. The summed E-state index contributed by atoms with van der Waals surface area (Å²) in [5.74, 6) is 2.17. The van der Waals surface area contributed by atoms with Crippen LogP contribution < -0.4 is 10.5 Å². The topological polar surface area (TPSA) is 66.0 Å². The molecule has 5 heteroatoms. The lowest BCUT2D eigenvalue weighted by atomic mass is 10.1. The van der Waals surface area contributed by atoms with Crippen LogP contribution in [-0.2, 0) is 13.2 Å². The average molecular weight is 288 g/mol. The van der Waals surface area contributed by atoms with Crippen molar-refractivity contribution in [2.45, 2.75) is 46.9 Å². The van der Waals surface area contributed by atoms with Gasteiger partial charge in [0.15, 0.2) is 5.82 Å². The molecule has 0 radical (unpaired) electrons. The van der Waals surface area contributed by atoms with E-state index in [4.69, 9.17) is 10.5 Å². The average Bonchev–Trinajstić information content (AvgIpc) is 2.82. The summed E-state index contributed by atoms with van der Waals surface area (Å²) < 4.78 is 7.84. The van der Waals surface area contributed by atoms with Crippen LogP contribution in [0.5, 0.6) is 5.75 Å². The highest BCUT2D eigenvalue weighted by molar-refractivity contribution is 5.38. The van der Waals surface area contributed by atoms with Crippen LogP contribution in [0, 0.1) is 12.8 Å². The summed E-state index contributed by atoms with van der Waals surface area (Å²) in [6.45, 7) is 9.54. The molecule has 1 atom stereocenters. The van der Waals surface area contributed by atoms with Crippen LogP contribution in [0.4, 0.5) is 0 Å². The normalized spacial score (nSPS) is 12.7. The predicted octanol–water partition coefficient (Wildman–Crippen LogP) is 2.84. The maximum atomic E-state index is 6.00. The Morgan fingerprint density at radius 2 is 2.05 bits per heavy atom. The fraction of sp³-hybridized carbons (Fsp3) is 0.500. The molecule has 1 heterocycles. The Labute approximate surface area is 126 Å². The van der Waals surface area contributed by atoms with E-state index in [1.165, 1.54) is 0 Å². The van der Waals surface area contributed by atoms with Gasteiger partial charge in [-0.25, -0.2) is 9.67 Å². The minimum atomic E-state index is -0.0610. The fourth-order valence-corrected chi connectivity index (χ4v) is 2.18. The van der Waals surface area contributed by atoms with Gasteiger partial charge in [-0.1, -0.05) is 26.0 Å². The highest BCUT2D eigenvalue weighted by Crippen LogP contribution is 2.25. The lowest BCUT2D eigenvalue weighted by Crippen LogP contribution is -2.13. The number of rotatable bonds is 6. The van der Waals surface area contributed by atoms with Gasteiger partial charge in [-0.05, 0) is 31.4 Å². The summed E-state index contributed by atoms with van der Waals surface area (Å²) in [4.78, 5) is 4.28. The summed E-state index contributed by atoms with van der Waals surface area (Å²) in [6, 6.07) is 6.03. The molecule has 0 fully saturated rings. The molecule has 0 saturated carbocycles. The lowest BCUT2D eigenvalue weighted by Gasteiger charge is -2.15. The van der Waals surface area contributed by atoms with Gasteiger partial charge in [0.1, 0.15) is 18.7 Å². The zero-order chi connectivity index (χ0) is 15.4. The minimum absolute atomic E-state index is 0.0610. The van der Waals surface area contributed by atoms with Gasteiger partial charge in [0.25, 0.3) is 0 Å². The van der Waals surface area contributed by atoms with Gasteiger partial charge in [-0.2, -0.15) is 5.10 Å². The molecule has 0 bridgehead atoms. The van der Waals surface area contributed by atoms with Gasteiger partial charge in [0.2, 0.25) is 0 Å². The zero-order valence-electron chi connectivity index (χ0n) is 13.2. The second kappa shape index (κ2) is 6.72. The van der Waals surface area contributed by atoms with Gasteiger partial charge >= 0.3 is 0 Å². The van der Waals surface area contributed by atoms with Crippen molar-refractivity contribution in [2.75, 3.05) is 0 Å². The number of hydrogen-bond acceptors (Lipinski definition) is 4. The zero-order valence-corrected chi connectivity index (χ0v) is 13.2. The van der Waals surface area contributed by atoms with Crippen LogP contribution >= 0.6 is 0 Å².